The summed E-state index contributed by atoms with van der Waals surface area (Å²) in [7, 11) is -2.94. The highest BCUT2D eigenvalue weighted by atomic mass is 32.1. The van der Waals surface area contributed by atoms with Gasteiger partial charge in [-0.1, -0.05) is 176 Å². The zero-order valence-electron chi connectivity index (χ0n) is 34.9. The highest BCUT2D eigenvalue weighted by Crippen LogP contribution is 2.38. The Morgan fingerprint density at radius 2 is 0.734 bits per heavy atom. The van der Waals surface area contributed by atoms with Gasteiger partial charge in [0, 0.05) is 53.1 Å². The lowest BCUT2D eigenvalue weighted by Crippen LogP contribution is -2.74. The van der Waals surface area contributed by atoms with Gasteiger partial charge in [-0.05, 0) is 98.6 Å². The minimum atomic E-state index is -2.94. The molecule has 0 amide bonds. The van der Waals surface area contributed by atoms with Crippen LogP contribution in [0.1, 0.15) is 0 Å². The molecule has 0 N–H and O–H groups in total. The van der Waals surface area contributed by atoms with E-state index in [1.165, 1.54) is 95.7 Å². The summed E-state index contributed by atoms with van der Waals surface area (Å²) in [5.74, 6) is 0. The predicted octanol–water partition coefficient (Wildman–Crippen LogP) is 13.3. The number of hydrogen-bond acceptors (Lipinski definition) is 1. The van der Waals surface area contributed by atoms with Crippen molar-refractivity contribution in [2.75, 3.05) is 0 Å². The summed E-state index contributed by atoms with van der Waals surface area (Å²) in [6.07, 6.45) is 0. The van der Waals surface area contributed by atoms with Crippen molar-refractivity contribution >= 4 is 104 Å². The predicted molar refractivity (Wildman–Crippen MR) is 277 cm³/mol. The molecule has 300 valence electrons. The molecule has 64 heavy (non-hydrogen) atoms. The summed E-state index contributed by atoms with van der Waals surface area (Å²) in [5, 5.41) is 13.1. The largest absolute Gasteiger partial charge is 0.309 e. The van der Waals surface area contributed by atoms with E-state index in [-0.39, 0.29) is 0 Å². The van der Waals surface area contributed by atoms with Gasteiger partial charge in [0.15, 0.2) is 8.07 Å². The molecule has 2 nitrogen and oxygen atoms in total. The van der Waals surface area contributed by atoms with Gasteiger partial charge in [-0.3, -0.25) is 0 Å². The zero-order chi connectivity index (χ0) is 42.2. The van der Waals surface area contributed by atoms with Crippen LogP contribution in [0.15, 0.2) is 243 Å². The maximum absolute atomic E-state index is 2.94. The van der Waals surface area contributed by atoms with E-state index in [1.807, 2.05) is 11.3 Å². The third-order valence-electron chi connectivity index (χ3n) is 13.5. The van der Waals surface area contributed by atoms with Crippen LogP contribution in [0.3, 0.4) is 0 Å². The fourth-order valence-corrected chi connectivity index (χ4v) is 16.6. The van der Waals surface area contributed by atoms with Crippen molar-refractivity contribution in [3.63, 3.8) is 0 Å². The molecule has 0 aliphatic heterocycles. The molecule has 0 saturated carbocycles. The van der Waals surface area contributed by atoms with Crippen molar-refractivity contribution < 1.29 is 0 Å². The fraction of sp³-hybridized carbons (Fsp3) is 0. The normalized spacial score (nSPS) is 12.1. The van der Waals surface area contributed by atoms with Gasteiger partial charge >= 0.3 is 0 Å². The van der Waals surface area contributed by atoms with E-state index in [4.69, 9.17) is 0 Å². The van der Waals surface area contributed by atoms with Crippen molar-refractivity contribution in [2.24, 2.45) is 0 Å². The number of rotatable bonds is 7. The molecule has 0 bridgehead atoms. The van der Waals surface area contributed by atoms with Crippen LogP contribution in [0.4, 0.5) is 0 Å². The van der Waals surface area contributed by atoms with Crippen molar-refractivity contribution in [3.8, 4) is 22.5 Å². The minimum Gasteiger partial charge on any atom is -0.309 e. The van der Waals surface area contributed by atoms with Gasteiger partial charge in [-0.25, -0.2) is 0 Å². The number of fused-ring (bicyclic) bond motifs is 9. The second kappa shape index (κ2) is 14.7. The quantitative estimate of drug-likeness (QED) is 0.112. The van der Waals surface area contributed by atoms with Crippen molar-refractivity contribution in [3.05, 3.63) is 243 Å². The smallest absolute Gasteiger partial charge is 0.179 e. The number of para-hydroxylation sites is 3. The molecule has 13 aromatic rings. The topological polar surface area (TPSA) is 9.86 Å². The Balaban J connectivity index is 1.03. The van der Waals surface area contributed by atoms with Crippen LogP contribution in [0.25, 0.3) is 86.3 Å². The number of aromatic nitrogens is 2. The molecule has 13 rings (SSSR count). The first-order valence-electron chi connectivity index (χ1n) is 22.0. The first-order valence-corrected chi connectivity index (χ1v) is 24.8. The highest BCUT2D eigenvalue weighted by molar-refractivity contribution is 7.25. The van der Waals surface area contributed by atoms with Gasteiger partial charge in [0.2, 0.25) is 0 Å². The fourth-order valence-electron chi connectivity index (χ4n) is 10.7. The Kier molecular flexibility index (Phi) is 8.45. The minimum absolute atomic E-state index is 1.16. The van der Waals surface area contributed by atoms with E-state index in [1.54, 1.807) is 0 Å². The maximum Gasteiger partial charge on any atom is 0.179 e. The van der Waals surface area contributed by atoms with Crippen LogP contribution >= 0.6 is 11.3 Å². The molecule has 3 aromatic heterocycles. The van der Waals surface area contributed by atoms with Gasteiger partial charge < -0.3 is 9.13 Å². The van der Waals surface area contributed by atoms with E-state index in [0.717, 1.165) is 11.4 Å². The standard InChI is InChI=1S/C60H40N2SSi/c1-3-19-45(20-4-1)64(46-21-5-2-6-22-46,47-23-15-17-41(37-47)42-33-36-60-54(38-42)52-28-10-14-32-59(52)63-60)48-24-16-18-43(39-48)61-57-31-13-9-27-51(57)53-40-44(34-35-58(53)61)62-55-29-11-7-25-49(55)50-26-8-12-30-56(50)62/h1-40H. The van der Waals surface area contributed by atoms with Crippen LogP contribution in [0, 0.1) is 0 Å². The number of benzene rings is 10. The lowest BCUT2D eigenvalue weighted by molar-refractivity contribution is 1.17. The van der Waals surface area contributed by atoms with Gasteiger partial charge in [0.1, 0.15) is 0 Å². The average molecular weight is 849 g/mol. The van der Waals surface area contributed by atoms with Crippen molar-refractivity contribution in [1.82, 2.24) is 9.13 Å². The van der Waals surface area contributed by atoms with Crippen LogP contribution in [-0.2, 0) is 0 Å². The third-order valence-corrected chi connectivity index (χ3v) is 19.4. The Hall–Kier alpha value is -7.76. The number of nitrogens with zero attached hydrogens (tertiary/aromatic N) is 2. The van der Waals surface area contributed by atoms with Crippen LogP contribution in [0.2, 0.25) is 0 Å². The highest BCUT2D eigenvalue weighted by Gasteiger charge is 2.42. The Morgan fingerprint density at radius 1 is 0.266 bits per heavy atom. The van der Waals surface area contributed by atoms with Crippen molar-refractivity contribution in [2.45, 2.75) is 0 Å². The summed E-state index contributed by atoms with van der Waals surface area (Å²) in [6, 6.07) is 90.7. The average Bonchev–Trinajstić information content (AvgIpc) is 4.02. The maximum atomic E-state index is 2.50. The lowest BCUT2D eigenvalue weighted by atomic mass is 10.0. The van der Waals surface area contributed by atoms with Gasteiger partial charge in [0.05, 0.1) is 22.1 Å². The van der Waals surface area contributed by atoms with E-state index in [0.29, 0.717) is 0 Å². The first kappa shape index (κ1) is 36.9. The second-order valence-electron chi connectivity index (χ2n) is 16.8. The molecular weight excluding hydrogens is 809 g/mol. The second-order valence-corrected chi connectivity index (χ2v) is 21.7. The monoisotopic (exact) mass is 848 g/mol. The summed E-state index contributed by atoms with van der Waals surface area (Å²) in [4.78, 5) is 0. The molecule has 0 aliphatic rings. The van der Waals surface area contributed by atoms with E-state index in [2.05, 4.69) is 252 Å². The molecule has 10 aromatic carbocycles. The Bertz CT molecular complexity index is 3820. The molecule has 3 heterocycles. The number of hydrogen-bond donors (Lipinski definition) is 0. The molecular formula is C60H40N2SSi. The lowest BCUT2D eigenvalue weighted by Gasteiger charge is -2.35. The van der Waals surface area contributed by atoms with E-state index < -0.39 is 8.07 Å². The molecule has 0 saturated heterocycles. The van der Waals surface area contributed by atoms with Crippen LogP contribution < -0.4 is 20.7 Å². The summed E-state index contributed by atoms with van der Waals surface area (Å²) >= 11 is 1.87. The van der Waals surface area contributed by atoms with Crippen molar-refractivity contribution in [1.29, 1.82) is 0 Å². The van der Waals surface area contributed by atoms with Gasteiger partial charge in [-0.15, -0.1) is 11.3 Å². The summed E-state index contributed by atoms with van der Waals surface area (Å²) in [6.45, 7) is 0. The molecule has 0 radical (unpaired) electrons. The molecule has 0 fully saturated rings. The summed E-state index contributed by atoms with van der Waals surface area (Å²) < 4.78 is 7.55. The van der Waals surface area contributed by atoms with E-state index >= 15 is 0 Å². The molecule has 0 aliphatic carbocycles. The number of thiophene rings is 1. The molecule has 0 spiro atoms. The third kappa shape index (κ3) is 5.56. The SMILES string of the molecule is c1ccc([Si](c2ccccc2)(c2cccc(-c3ccc4sc5ccccc5c4c3)c2)c2cccc(-n3c4ccccc4c4cc(-n5c6ccccc6c6ccccc65)ccc43)c2)cc1. The van der Waals surface area contributed by atoms with Crippen LogP contribution in [0.5, 0.6) is 0 Å². The zero-order valence-corrected chi connectivity index (χ0v) is 36.7. The van der Waals surface area contributed by atoms with Gasteiger partial charge in [-0.2, -0.15) is 0 Å². The Labute approximate surface area is 376 Å². The molecule has 4 heteroatoms. The van der Waals surface area contributed by atoms with Crippen LogP contribution in [-0.4, -0.2) is 17.2 Å². The first-order chi connectivity index (χ1) is 31.7. The molecule has 0 unspecified atom stereocenters. The Morgan fingerprint density at radius 3 is 1.39 bits per heavy atom. The molecule has 0 atom stereocenters. The van der Waals surface area contributed by atoms with Gasteiger partial charge in [0.25, 0.3) is 0 Å². The summed E-state index contributed by atoms with van der Waals surface area (Å²) in [5.41, 5.74) is 9.60. The van der Waals surface area contributed by atoms with E-state index in [9.17, 15) is 0 Å².